The van der Waals surface area contributed by atoms with Crippen LogP contribution in [0.15, 0.2) is 42.5 Å². The van der Waals surface area contributed by atoms with Crippen molar-refractivity contribution in [3.63, 3.8) is 0 Å². The summed E-state index contributed by atoms with van der Waals surface area (Å²) in [6, 6.07) is 16.0. The Hall–Kier alpha value is -1.01. The number of benzene rings is 2. The summed E-state index contributed by atoms with van der Waals surface area (Å²) < 4.78 is 7.80. The molecule has 0 saturated heterocycles. The van der Waals surface area contributed by atoms with Gasteiger partial charge in [-0.15, -0.1) is 0 Å². The number of hydrogen-bond acceptors (Lipinski definition) is 2. The van der Waals surface area contributed by atoms with Crippen molar-refractivity contribution in [3.05, 3.63) is 57.2 Å². The lowest BCUT2D eigenvalue weighted by atomic mass is 9.93. The Morgan fingerprint density at radius 2 is 1.73 bits per heavy atom. The highest BCUT2D eigenvalue weighted by atomic mass is 127. The van der Waals surface area contributed by atoms with E-state index in [1.807, 2.05) is 0 Å². The number of hydrogen-bond donors (Lipinski definition) is 0. The van der Waals surface area contributed by atoms with E-state index in [0.29, 0.717) is 6.04 Å². The van der Waals surface area contributed by atoms with Crippen LogP contribution in [0.1, 0.15) is 44.9 Å². The summed E-state index contributed by atoms with van der Waals surface area (Å²) in [6.45, 7) is 14.9. The van der Waals surface area contributed by atoms with Crippen molar-refractivity contribution in [3.8, 4) is 5.75 Å². The topological polar surface area (TPSA) is 12.5 Å². The Labute approximate surface area is 173 Å². The lowest BCUT2D eigenvalue weighted by Crippen LogP contribution is -2.44. The molecule has 1 atom stereocenters. The summed E-state index contributed by atoms with van der Waals surface area (Å²) in [4.78, 5) is 2.51. The van der Waals surface area contributed by atoms with Gasteiger partial charge in [-0.05, 0) is 102 Å². The van der Waals surface area contributed by atoms with Gasteiger partial charge in [-0.25, -0.2) is 0 Å². The van der Waals surface area contributed by atoms with Gasteiger partial charge in [0.25, 0.3) is 0 Å². The van der Waals surface area contributed by atoms with Crippen LogP contribution < -0.4 is 9.33 Å². The number of fused-ring (bicyclic) bond motifs is 1. The normalized spacial score (nSPS) is 17.8. The Morgan fingerprint density at radius 3 is 2.35 bits per heavy atom. The van der Waals surface area contributed by atoms with Crippen molar-refractivity contribution in [1.29, 1.82) is 0 Å². The highest BCUT2D eigenvalue weighted by molar-refractivity contribution is 14.1. The van der Waals surface area contributed by atoms with Gasteiger partial charge in [0.2, 0.25) is 8.32 Å². The zero-order valence-corrected chi connectivity index (χ0v) is 19.9. The van der Waals surface area contributed by atoms with Gasteiger partial charge in [0.1, 0.15) is 5.75 Å². The minimum Gasteiger partial charge on any atom is -0.543 e. The van der Waals surface area contributed by atoms with E-state index in [2.05, 4.69) is 111 Å². The molecule has 26 heavy (non-hydrogen) atoms. The summed E-state index contributed by atoms with van der Waals surface area (Å²) in [5, 5.41) is 0.220. The first kappa shape index (κ1) is 19.7. The van der Waals surface area contributed by atoms with Gasteiger partial charge in [-0.2, -0.15) is 0 Å². The Bertz CT molecular complexity index is 780. The van der Waals surface area contributed by atoms with E-state index in [1.165, 1.54) is 20.4 Å². The van der Waals surface area contributed by atoms with E-state index in [-0.39, 0.29) is 5.04 Å². The average Bonchev–Trinajstić information content (AvgIpc) is 2.55. The molecule has 0 aromatic heterocycles. The summed E-state index contributed by atoms with van der Waals surface area (Å²) in [5.41, 5.74) is 4.18. The lowest BCUT2D eigenvalue weighted by Gasteiger charge is -2.39. The fourth-order valence-electron chi connectivity index (χ4n) is 3.31. The van der Waals surface area contributed by atoms with E-state index < -0.39 is 8.32 Å². The van der Waals surface area contributed by atoms with E-state index in [1.54, 1.807) is 0 Å². The standard InChI is InChI=1S/C22H30INOSi/c1-16-21-12-11-20(25-26(5,6)22(2,3)4)15-17(21)13-14-24(16)19-9-7-18(23)8-10-19/h7-12,15-16H,13-14H2,1-6H3. The third-order valence-electron chi connectivity index (χ3n) is 5.99. The maximum absolute atomic E-state index is 6.52. The molecular formula is C22H30INOSi. The molecule has 0 bridgehead atoms. The third-order valence-corrected chi connectivity index (χ3v) is 11.1. The molecule has 0 aliphatic carbocycles. The van der Waals surface area contributed by atoms with Crippen LogP contribution in [-0.4, -0.2) is 14.9 Å². The fourth-order valence-corrected chi connectivity index (χ4v) is 4.69. The van der Waals surface area contributed by atoms with Gasteiger partial charge < -0.3 is 9.33 Å². The quantitative estimate of drug-likeness (QED) is 0.355. The zero-order valence-electron chi connectivity index (χ0n) is 16.8. The van der Waals surface area contributed by atoms with Gasteiger partial charge in [0, 0.05) is 15.8 Å². The molecule has 0 amide bonds. The van der Waals surface area contributed by atoms with Crippen molar-refractivity contribution in [2.24, 2.45) is 0 Å². The van der Waals surface area contributed by atoms with Crippen LogP contribution in [0.3, 0.4) is 0 Å². The Kier molecular flexibility index (Phi) is 5.46. The van der Waals surface area contributed by atoms with Gasteiger partial charge in [0.05, 0.1) is 6.04 Å². The molecule has 2 aromatic carbocycles. The van der Waals surface area contributed by atoms with Crippen LogP contribution in [-0.2, 0) is 6.42 Å². The number of rotatable bonds is 3. The maximum atomic E-state index is 6.52. The summed E-state index contributed by atoms with van der Waals surface area (Å²) >= 11 is 2.36. The van der Waals surface area contributed by atoms with Gasteiger partial charge >= 0.3 is 0 Å². The average molecular weight is 479 g/mol. The molecule has 0 saturated carbocycles. The molecule has 4 heteroatoms. The van der Waals surface area contributed by atoms with E-state index >= 15 is 0 Å². The highest BCUT2D eigenvalue weighted by Crippen LogP contribution is 2.39. The van der Waals surface area contributed by atoms with Crippen molar-refractivity contribution >= 4 is 36.6 Å². The molecule has 3 rings (SSSR count). The number of halogens is 1. The summed E-state index contributed by atoms with van der Waals surface area (Å²) in [6.07, 6.45) is 1.07. The molecule has 1 heterocycles. The lowest BCUT2D eigenvalue weighted by molar-refractivity contribution is 0.490. The highest BCUT2D eigenvalue weighted by Gasteiger charge is 2.39. The fraction of sp³-hybridized carbons (Fsp3) is 0.455. The van der Waals surface area contributed by atoms with Crippen LogP contribution in [0.25, 0.3) is 0 Å². The summed E-state index contributed by atoms with van der Waals surface area (Å²) in [7, 11) is -1.79. The van der Waals surface area contributed by atoms with Gasteiger partial charge in [-0.3, -0.25) is 0 Å². The molecule has 1 aliphatic heterocycles. The van der Waals surface area contributed by atoms with Crippen LogP contribution in [0.2, 0.25) is 18.1 Å². The van der Waals surface area contributed by atoms with E-state index in [9.17, 15) is 0 Å². The Morgan fingerprint density at radius 1 is 1.08 bits per heavy atom. The molecule has 0 radical (unpaired) electrons. The predicted octanol–water partition coefficient (Wildman–Crippen LogP) is 6.80. The summed E-state index contributed by atoms with van der Waals surface area (Å²) in [5.74, 6) is 1.05. The van der Waals surface area contributed by atoms with Crippen LogP contribution >= 0.6 is 22.6 Å². The largest absolute Gasteiger partial charge is 0.543 e. The third kappa shape index (κ3) is 3.96. The SMILES string of the molecule is CC1c2ccc(O[Si](C)(C)C(C)(C)C)cc2CCN1c1ccc(I)cc1. The maximum Gasteiger partial charge on any atom is 0.250 e. The van der Waals surface area contributed by atoms with Crippen LogP contribution in [0.4, 0.5) is 5.69 Å². The molecule has 2 aromatic rings. The van der Waals surface area contributed by atoms with Gasteiger partial charge in [-0.1, -0.05) is 26.8 Å². The first-order valence-corrected chi connectivity index (χ1v) is 13.4. The van der Waals surface area contributed by atoms with Crippen molar-refractivity contribution in [2.45, 2.75) is 58.3 Å². The molecular weight excluding hydrogens is 449 g/mol. The second-order valence-corrected chi connectivity index (χ2v) is 14.8. The molecule has 2 nitrogen and oxygen atoms in total. The molecule has 0 N–H and O–H groups in total. The van der Waals surface area contributed by atoms with E-state index in [4.69, 9.17) is 4.43 Å². The minimum atomic E-state index is -1.79. The van der Waals surface area contributed by atoms with E-state index in [0.717, 1.165) is 18.7 Å². The zero-order chi connectivity index (χ0) is 19.1. The second-order valence-electron chi connectivity index (χ2n) is 8.82. The minimum absolute atomic E-state index is 0.220. The first-order chi connectivity index (χ1) is 12.1. The predicted molar refractivity (Wildman–Crippen MR) is 123 cm³/mol. The molecule has 1 aliphatic rings. The molecule has 1 unspecified atom stereocenters. The van der Waals surface area contributed by atoms with Crippen molar-refractivity contribution < 1.29 is 4.43 Å². The second kappa shape index (κ2) is 7.19. The van der Waals surface area contributed by atoms with Crippen molar-refractivity contribution in [2.75, 3.05) is 11.4 Å². The first-order valence-electron chi connectivity index (χ1n) is 9.42. The Balaban J connectivity index is 1.83. The molecule has 140 valence electrons. The van der Waals surface area contributed by atoms with Gasteiger partial charge in [0.15, 0.2) is 0 Å². The number of nitrogens with zero attached hydrogens (tertiary/aromatic N) is 1. The molecule has 0 fully saturated rings. The van der Waals surface area contributed by atoms with Crippen LogP contribution in [0, 0.1) is 3.57 Å². The monoisotopic (exact) mass is 479 g/mol. The van der Waals surface area contributed by atoms with Crippen molar-refractivity contribution in [1.82, 2.24) is 0 Å². The number of anilines is 1. The van der Waals surface area contributed by atoms with Crippen LogP contribution in [0.5, 0.6) is 5.75 Å². The smallest absolute Gasteiger partial charge is 0.250 e. The molecule has 0 spiro atoms.